The fourth-order valence-electron chi connectivity index (χ4n) is 14.4. The van der Waals surface area contributed by atoms with E-state index in [2.05, 4.69) is 42.5 Å². The third kappa shape index (κ3) is 18.3. The van der Waals surface area contributed by atoms with E-state index in [0.717, 1.165) is 83.4 Å². The van der Waals surface area contributed by atoms with Gasteiger partial charge in [-0.15, -0.1) is 0 Å². The van der Waals surface area contributed by atoms with Crippen molar-refractivity contribution in [3.63, 3.8) is 0 Å². The van der Waals surface area contributed by atoms with Crippen LogP contribution < -0.4 is 62.5 Å². The van der Waals surface area contributed by atoms with Crippen molar-refractivity contribution in [1.82, 2.24) is 42.5 Å². The third-order valence-electron chi connectivity index (χ3n) is 20.6. The zero-order valence-electron chi connectivity index (χ0n) is 62.0. The molecule has 0 aliphatic carbocycles. The average molecular weight is 1650 g/mol. The second-order valence-electron chi connectivity index (χ2n) is 29.2. The second kappa shape index (κ2) is 34.9. The van der Waals surface area contributed by atoms with E-state index in [-0.39, 0.29) is 52.8 Å². The molecule has 7 amide bonds. The molecule has 7 aliphatic heterocycles. The predicted molar refractivity (Wildman–Crippen MR) is 409 cm³/mol. The van der Waals surface area contributed by atoms with Crippen molar-refractivity contribution >= 4 is 82.1 Å². The highest BCUT2D eigenvalue weighted by atomic mass is 35.5. The van der Waals surface area contributed by atoms with Crippen LogP contribution in [-0.4, -0.2) is 191 Å². The SMILES string of the molecule is CN[C@H](CC(C)C)C(=O)N[C@H]1C(=O)N[C@@H](CC(N)=O)C(=O)N[C@H]2C(=O)NC3C(=O)NC(C(=O)N[C@H](C(=O)O)c4cc(O)cc(O)c4-c4cc3ccc4O)[C@H](O)c3ccc(c(Cl)c3)Oc3cc2cc(c3O[C@@H]2O[C@H](CO)[C@@H](O)[C@H](O)[C@H]2O[C@H]2C[C@](C)(NCc3ccc(-c4ccc(Cl)cc4)cc3)[C@H](O)[C@H](C)O2)Oc2ccc(cc2Cl)[C@H]1O. The Hall–Kier alpha value is -10.5. The maximum absolute atomic E-state index is 16.2. The van der Waals surface area contributed by atoms with E-state index in [1.54, 1.807) is 26.0 Å². The molecule has 7 aromatic carbocycles. The van der Waals surface area contributed by atoms with Gasteiger partial charge in [0, 0.05) is 46.3 Å². The first-order valence-corrected chi connectivity index (χ1v) is 37.5. The number of ether oxygens (including phenoxy) is 6. The monoisotopic (exact) mass is 1650 g/mol. The molecule has 33 nitrogen and oxygen atoms in total. The van der Waals surface area contributed by atoms with Crippen LogP contribution in [0.15, 0.2) is 127 Å². The molecule has 115 heavy (non-hydrogen) atoms. The number of benzene rings is 7. The lowest BCUT2D eigenvalue weighted by Crippen LogP contribution is -2.65. The Labute approximate surface area is 671 Å². The van der Waals surface area contributed by atoms with E-state index >= 15 is 14.4 Å². The Morgan fingerprint density at radius 1 is 0.661 bits per heavy atom. The Bertz CT molecular complexity index is 4890. The molecule has 20 N–H and O–H groups in total. The minimum atomic E-state index is -2.36. The zero-order chi connectivity index (χ0) is 82.9. The second-order valence-corrected chi connectivity index (χ2v) is 30.4. The van der Waals surface area contributed by atoms with Crippen molar-refractivity contribution in [3.05, 3.63) is 176 Å². The van der Waals surface area contributed by atoms with E-state index < -0.39 is 237 Å². The molecular formula is C79H84Cl3N9O24. The number of aliphatic hydroxyl groups is 6. The quantitative estimate of drug-likeness (QED) is 0.0605. The molecule has 14 rings (SSSR count). The number of fused-ring (bicyclic) bond motifs is 15. The summed E-state index contributed by atoms with van der Waals surface area (Å²) < 4.78 is 39.5. The zero-order valence-corrected chi connectivity index (χ0v) is 64.2. The van der Waals surface area contributed by atoms with Crippen LogP contribution in [0, 0.1) is 5.92 Å². The topological polar surface area (TPSA) is 517 Å². The maximum atomic E-state index is 16.2. The first-order valence-electron chi connectivity index (χ1n) is 36.4. The van der Waals surface area contributed by atoms with Crippen LogP contribution in [0.4, 0.5) is 0 Å². The van der Waals surface area contributed by atoms with Gasteiger partial charge < -0.3 is 128 Å². The summed E-state index contributed by atoms with van der Waals surface area (Å²) in [7, 11) is 1.48. The molecule has 2 fully saturated rings. The summed E-state index contributed by atoms with van der Waals surface area (Å²) in [4.78, 5) is 118. The van der Waals surface area contributed by atoms with Crippen LogP contribution in [-0.2, 0) is 59.1 Å². The number of carboxylic acids is 1. The number of halogens is 3. The molecule has 7 heterocycles. The number of hydrogen-bond donors (Lipinski definition) is 19. The van der Waals surface area contributed by atoms with Gasteiger partial charge in [-0.1, -0.05) is 103 Å². The standard InChI is InChI=1S/C79H84Cl3N9O24/c1-32(2)20-47(84-5)71(102)90-62-64(97)38-13-18-51(45(81)22-38)111-53-24-40-25-54(68(53)115-78-69(67(100)66(99)55(31-92)113-78)114-57-29-79(4,70(101)33(3)110-57)85-30-34-6-8-35(9-7-34)36-10-15-41(80)16-11-36)112-52-19-14-39(23-46(52)82)65(98)63-76(107)89-61(77(108)109)44-26-42(93)27-50(95)58(44)43-21-37(12-17-49(43)94)59(73(104)91-63)88-74(105)60(40)87-72(103)48(28-56(83)96)86-75(62)106/h6-19,21-27,32-33,47-48,55,57,59-67,69-70,78,84-85,92-95,97-101H,20,28-31H2,1-5H3,(H2,83,96)(H,86,106)(H,87,103)(H,88,105)(H,89,107)(H,90,102)(H,91,104)(H,108,109)/t33-,47+,48-,55+,57-,59?,60+,61-,62+,63?,64+,65+,66+,67-,69+,70+,78-,79-/m0/s1. The van der Waals surface area contributed by atoms with Gasteiger partial charge in [0.25, 0.3) is 0 Å². The number of hydrogen-bond acceptors (Lipinski definition) is 25. The van der Waals surface area contributed by atoms with Crippen molar-refractivity contribution in [1.29, 1.82) is 0 Å². The molecule has 36 heteroatoms. The summed E-state index contributed by atoms with van der Waals surface area (Å²) in [6.07, 6.45) is -18.7. The molecule has 11 bridgehead atoms. The van der Waals surface area contributed by atoms with Gasteiger partial charge in [-0.05, 0) is 139 Å². The number of nitrogens with one attached hydrogen (secondary N) is 8. The average Bonchev–Trinajstić information content (AvgIpc) is 0.764. The normalized spacial score (nSPS) is 27.2. The molecule has 0 radical (unpaired) electrons. The molecule has 2 saturated heterocycles. The Kier molecular flexibility index (Phi) is 25.5. The lowest BCUT2D eigenvalue weighted by Gasteiger charge is -2.48. The van der Waals surface area contributed by atoms with E-state index in [1.807, 2.05) is 50.2 Å². The molecule has 7 aromatic rings. The van der Waals surface area contributed by atoms with Crippen LogP contribution in [0.3, 0.4) is 0 Å². The first kappa shape index (κ1) is 83.9. The summed E-state index contributed by atoms with van der Waals surface area (Å²) in [5.41, 5.74) is 4.32. The number of carboxylic acid groups (broad SMARTS) is 1. The number of amides is 7. The van der Waals surface area contributed by atoms with Gasteiger partial charge in [0.1, 0.15) is 89.5 Å². The minimum absolute atomic E-state index is 0.106. The summed E-state index contributed by atoms with van der Waals surface area (Å²) in [6.45, 7) is 6.15. The van der Waals surface area contributed by atoms with Gasteiger partial charge >= 0.3 is 5.97 Å². The van der Waals surface area contributed by atoms with Gasteiger partial charge in [0.2, 0.25) is 53.4 Å². The van der Waals surface area contributed by atoms with Gasteiger partial charge in [-0.2, -0.15) is 0 Å². The smallest absolute Gasteiger partial charge is 0.330 e. The number of nitrogens with two attached hydrogens (primary N) is 1. The van der Waals surface area contributed by atoms with Crippen LogP contribution in [0.25, 0.3) is 22.3 Å². The van der Waals surface area contributed by atoms with Crippen molar-refractivity contribution in [2.45, 2.75) is 163 Å². The molecule has 7 aliphatic rings. The van der Waals surface area contributed by atoms with Gasteiger partial charge in [0.15, 0.2) is 29.9 Å². The van der Waals surface area contributed by atoms with Crippen molar-refractivity contribution < 1.29 is 118 Å². The highest BCUT2D eigenvalue weighted by Crippen LogP contribution is 2.50. The van der Waals surface area contributed by atoms with Crippen LogP contribution >= 0.6 is 34.8 Å². The first-order chi connectivity index (χ1) is 54.6. The number of aliphatic carboxylic acids is 1. The third-order valence-corrected chi connectivity index (χ3v) is 21.4. The fraction of sp³-hybridized carbons (Fsp3) is 0.367. The number of aliphatic hydroxyl groups excluding tert-OH is 6. The molecule has 2 unspecified atom stereocenters. The number of phenolic OH excluding ortho intramolecular Hbond substituents is 3. The Balaban J connectivity index is 1.04. The maximum Gasteiger partial charge on any atom is 0.330 e. The summed E-state index contributed by atoms with van der Waals surface area (Å²) in [5, 5.41) is 137. The van der Waals surface area contributed by atoms with Crippen LogP contribution in [0.1, 0.15) is 111 Å². The number of likely N-dealkylation sites (N-methyl/N-ethyl adjacent to an activating group) is 1. The molecule has 18 atom stereocenters. The molecule has 0 saturated carbocycles. The van der Waals surface area contributed by atoms with Crippen LogP contribution in [0.5, 0.6) is 46.0 Å². The summed E-state index contributed by atoms with van der Waals surface area (Å²) in [5.74, 6) is -16.0. The fourth-order valence-corrected chi connectivity index (χ4v) is 15.0. The van der Waals surface area contributed by atoms with Crippen molar-refractivity contribution in [2.75, 3.05) is 13.7 Å². The lowest BCUT2D eigenvalue weighted by molar-refractivity contribution is -0.334. The summed E-state index contributed by atoms with van der Waals surface area (Å²) >= 11 is 20.4. The van der Waals surface area contributed by atoms with E-state index in [1.165, 1.54) is 19.2 Å². The van der Waals surface area contributed by atoms with Crippen molar-refractivity contribution in [2.24, 2.45) is 11.7 Å². The largest absolute Gasteiger partial charge is 0.508 e. The van der Waals surface area contributed by atoms with E-state index in [0.29, 0.717) is 5.02 Å². The molecule has 0 aromatic heterocycles. The number of rotatable bonds is 17. The highest BCUT2D eigenvalue weighted by molar-refractivity contribution is 6.32. The Morgan fingerprint density at radius 2 is 1.26 bits per heavy atom. The Morgan fingerprint density at radius 3 is 1.86 bits per heavy atom. The van der Waals surface area contributed by atoms with Crippen LogP contribution in [0.2, 0.25) is 15.1 Å². The van der Waals surface area contributed by atoms with Gasteiger partial charge in [-0.25, -0.2) is 4.79 Å². The predicted octanol–water partition coefficient (Wildman–Crippen LogP) is 4.26. The molecular weight excluding hydrogens is 1570 g/mol. The molecule has 0 spiro atoms. The minimum Gasteiger partial charge on any atom is -0.508 e. The van der Waals surface area contributed by atoms with E-state index in [4.69, 9.17) is 69.0 Å². The number of carbonyl (C=O) groups is 8. The highest BCUT2D eigenvalue weighted by Gasteiger charge is 2.52. The lowest BCUT2D eigenvalue weighted by atomic mass is 9.84. The number of aromatic hydroxyl groups is 3. The van der Waals surface area contributed by atoms with E-state index in [9.17, 15) is 75.0 Å². The number of phenols is 3. The molecule has 610 valence electrons. The van der Waals surface area contributed by atoms with Gasteiger partial charge in [-0.3, -0.25) is 33.6 Å². The van der Waals surface area contributed by atoms with Crippen molar-refractivity contribution in [3.8, 4) is 68.2 Å². The number of carbonyl (C=O) groups excluding carboxylic acids is 7. The summed E-state index contributed by atoms with van der Waals surface area (Å²) in [6, 6.07) is 14.3. The number of primary amides is 1. The van der Waals surface area contributed by atoms with Gasteiger partial charge in [0.05, 0.1) is 41.3 Å².